The predicted octanol–water partition coefficient (Wildman–Crippen LogP) is 3.90. The van der Waals surface area contributed by atoms with Crippen LogP contribution >= 0.6 is 11.3 Å². The van der Waals surface area contributed by atoms with E-state index in [9.17, 15) is 4.79 Å². The normalized spacial score (nSPS) is 12.1. The van der Waals surface area contributed by atoms with Crippen molar-refractivity contribution < 1.29 is 4.79 Å². The van der Waals surface area contributed by atoms with E-state index in [1.54, 1.807) is 11.3 Å². The van der Waals surface area contributed by atoms with Crippen LogP contribution in [-0.2, 0) is 0 Å². The summed E-state index contributed by atoms with van der Waals surface area (Å²) in [4.78, 5) is 19.3. The highest BCUT2D eigenvalue weighted by Crippen LogP contribution is 2.22. The van der Waals surface area contributed by atoms with Crippen molar-refractivity contribution >= 4 is 34.0 Å². The van der Waals surface area contributed by atoms with E-state index in [1.807, 2.05) is 49.3 Å². The number of hydrogen-bond donors (Lipinski definition) is 1. The highest BCUT2D eigenvalue weighted by atomic mass is 32.1. The minimum absolute atomic E-state index is 0.0567. The van der Waals surface area contributed by atoms with Gasteiger partial charge in [0.05, 0.1) is 11.1 Å². The number of pyridine rings is 1. The number of rotatable bonds is 5. The zero-order valence-electron chi connectivity index (χ0n) is 14.1. The lowest BCUT2D eigenvalue weighted by Gasteiger charge is -2.16. The Kier molecular flexibility index (Phi) is 4.81. The van der Waals surface area contributed by atoms with E-state index in [1.165, 1.54) is 5.56 Å². The van der Waals surface area contributed by atoms with Crippen molar-refractivity contribution in [3.63, 3.8) is 0 Å². The SMILES string of the molecule is CC(CNC(=O)c1cc(N(C)C)nc2ccccc12)c1ccsc1. The zero-order chi connectivity index (χ0) is 17.1. The molecule has 0 saturated carbocycles. The third-order valence-corrected chi connectivity index (χ3v) is 4.79. The summed E-state index contributed by atoms with van der Waals surface area (Å²) in [6.45, 7) is 2.74. The van der Waals surface area contributed by atoms with E-state index in [0.29, 0.717) is 18.0 Å². The maximum atomic E-state index is 12.8. The maximum absolute atomic E-state index is 12.8. The number of nitrogens with zero attached hydrogens (tertiary/aromatic N) is 2. The lowest BCUT2D eigenvalue weighted by Crippen LogP contribution is -2.28. The monoisotopic (exact) mass is 339 g/mol. The lowest BCUT2D eigenvalue weighted by atomic mass is 10.0. The molecule has 3 rings (SSSR count). The van der Waals surface area contributed by atoms with Gasteiger partial charge >= 0.3 is 0 Å². The van der Waals surface area contributed by atoms with Crippen molar-refractivity contribution in [1.29, 1.82) is 0 Å². The molecule has 1 atom stereocenters. The molecular formula is C19H21N3OS. The first-order valence-corrected chi connectivity index (χ1v) is 8.88. The number of thiophene rings is 1. The number of aromatic nitrogens is 1. The molecule has 1 aromatic carbocycles. The first-order valence-electron chi connectivity index (χ1n) is 7.93. The Morgan fingerprint density at radius 2 is 2.08 bits per heavy atom. The van der Waals surface area contributed by atoms with Crippen molar-refractivity contribution in [3.8, 4) is 0 Å². The van der Waals surface area contributed by atoms with Crippen molar-refractivity contribution in [2.75, 3.05) is 25.5 Å². The molecule has 1 unspecified atom stereocenters. The molecule has 4 nitrogen and oxygen atoms in total. The molecule has 0 radical (unpaired) electrons. The molecule has 124 valence electrons. The molecule has 0 fully saturated rings. The molecule has 1 N–H and O–H groups in total. The van der Waals surface area contributed by atoms with Crippen LogP contribution in [0.1, 0.15) is 28.8 Å². The largest absolute Gasteiger partial charge is 0.363 e. The van der Waals surface area contributed by atoms with Gasteiger partial charge < -0.3 is 10.2 Å². The average Bonchev–Trinajstić information content (AvgIpc) is 3.13. The van der Waals surface area contributed by atoms with Gasteiger partial charge in [0.15, 0.2) is 0 Å². The number of amides is 1. The Hall–Kier alpha value is -2.40. The first kappa shape index (κ1) is 16.5. The standard InChI is InChI=1S/C19H21N3OS/c1-13(14-8-9-24-12-14)11-20-19(23)16-10-18(22(2)3)21-17-7-5-4-6-15(16)17/h4-10,12-13H,11H2,1-3H3,(H,20,23). The summed E-state index contributed by atoms with van der Waals surface area (Å²) >= 11 is 1.68. The average molecular weight is 339 g/mol. The fourth-order valence-electron chi connectivity index (χ4n) is 2.59. The van der Waals surface area contributed by atoms with Gasteiger partial charge in [-0.15, -0.1) is 0 Å². The van der Waals surface area contributed by atoms with Gasteiger partial charge in [-0.2, -0.15) is 11.3 Å². The van der Waals surface area contributed by atoms with Crippen molar-refractivity contribution in [2.45, 2.75) is 12.8 Å². The van der Waals surface area contributed by atoms with Crippen LogP contribution in [0.2, 0.25) is 0 Å². The molecule has 5 heteroatoms. The summed E-state index contributed by atoms with van der Waals surface area (Å²) in [5.74, 6) is 1.02. The molecule has 0 aliphatic rings. The highest BCUT2D eigenvalue weighted by molar-refractivity contribution is 7.07. The Bertz CT molecular complexity index is 843. The fourth-order valence-corrected chi connectivity index (χ4v) is 3.37. The van der Waals surface area contributed by atoms with Gasteiger partial charge in [-0.1, -0.05) is 25.1 Å². The summed E-state index contributed by atoms with van der Waals surface area (Å²) in [5.41, 5.74) is 2.76. The van der Waals surface area contributed by atoms with Crippen LogP contribution in [0.25, 0.3) is 10.9 Å². The number of anilines is 1. The number of hydrogen-bond acceptors (Lipinski definition) is 4. The van der Waals surface area contributed by atoms with Gasteiger partial charge in [-0.25, -0.2) is 4.98 Å². The number of para-hydroxylation sites is 1. The topological polar surface area (TPSA) is 45.2 Å². The molecular weight excluding hydrogens is 318 g/mol. The highest BCUT2D eigenvalue weighted by Gasteiger charge is 2.15. The molecule has 3 aromatic rings. The lowest BCUT2D eigenvalue weighted by molar-refractivity contribution is 0.0953. The van der Waals surface area contributed by atoms with Gasteiger partial charge in [0.2, 0.25) is 0 Å². The summed E-state index contributed by atoms with van der Waals surface area (Å²) in [6.07, 6.45) is 0. The Morgan fingerprint density at radius 1 is 1.29 bits per heavy atom. The van der Waals surface area contributed by atoms with E-state index in [-0.39, 0.29) is 5.91 Å². The molecule has 0 saturated heterocycles. The molecule has 1 amide bonds. The van der Waals surface area contributed by atoms with Gasteiger partial charge in [0.1, 0.15) is 5.82 Å². The molecule has 0 bridgehead atoms. The molecule has 24 heavy (non-hydrogen) atoms. The van der Waals surface area contributed by atoms with Gasteiger partial charge in [-0.3, -0.25) is 4.79 Å². The summed E-state index contributed by atoms with van der Waals surface area (Å²) < 4.78 is 0. The van der Waals surface area contributed by atoms with Crippen LogP contribution in [0, 0.1) is 0 Å². The Morgan fingerprint density at radius 3 is 2.79 bits per heavy atom. The molecule has 2 heterocycles. The van der Waals surface area contributed by atoms with Crippen LogP contribution in [0.15, 0.2) is 47.2 Å². The predicted molar refractivity (Wildman–Crippen MR) is 101 cm³/mol. The van der Waals surface area contributed by atoms with Crippen LogP contribution < -0.4 is 10.2 Å². The first-order chi connectivity index (χ1) is 11.6. The van der Waals surface area contributed by atoms with Crippen molar-refractivity contribution in [2.24, 2.45) is 0 Å². The second-order valence-electron chi connectivity index (χ2n) is 6.11. The molecule has 0 spiro atoms. The number of benzene rings is 1. The fraction of sp³-hybridized carbons (Fsp3) is 0.263. The molecule has 2 aromatic heterocycles. The quantitative estimate of drug-likeness (QED) is 0.767. The zero-order valence-corrected chi connectivity index (χ0v) is 14.9. The van der Waals surface area contributed by atoms with E-state index in [0.717, 1.165) is 16.7 Å². The van der Waals surface area contributed by atoms with Crippen LogP contribution in [0.4, 0.5) is 5.82 Å². The maximum Gasteiger partial charge on any atom is 0.252 e. The van der Waals surface area contributed by atoms with Crippen LogP contribution in [0.3, 0.4) is 0 Å². The van der Waals surface area contributed by atoms with Crippen LogP contribution in [0.5, 0.6) is 0 Å². The molecule has 0 aliphatic heterocycles. The second kappa shape index (κ2) is 7.01. The number of carbonyl (C=O) groups is 1. The van der Waals surface area contributed by atoms with Gasteiger partial charge in [-0.05, 0) is 40.4 Å². The minimum atomic E-state index is -0.0567. The third kappa shape index (κ3) is 3.41. The third-order valence-electron chi connectivity index (χ3n) is 4.09. The van der Waals surface area contributed by atoms with Crippen LogP contribution in [-0.4, -0.2) is 31.5 Å². The summed E-state index contributed by atoms with van der Waals surface area (Å²) in [7, 11) is 3.86. The minimum Gasteiger partial charge on any atom is -0.363 e. The van der Waals surface area contributed by atoms with Crippen molar-refractivity contribution in [3.05, 3.63) is 58.3 Å². The molecule has 0 aliphatic carbocycles. The number of fused-ring (bicyclic) bond motifs is 1. The van der Waals surface area contributed by atoms with E-state index in [2.05, 4.69) is 34.1 Å². The van der Waals surface area contributed by atoms with E-state index < -0.39 is 0 Å². The van der Waals surface area contributed by atoms with Gasteiger partial charge in [0, 0.05) is 26.0 Å². The summed E-state index contributed by atoms with van der Waals surface area (Å²) in [6, 6.07) is 11.7. The Balaban J connectivity index is 1.86. The number of nitrogens with one attached hydrogen (secondary N) is 1. The second-order valence-corrected chi connectivity index (χ2v) is 6.89. The van der Waals surface area contributed by atoms with E-state index in [4.69, 9.17) is 0 Å². The van der Waals surface area contributed by atoms with E-state index >= 15 is 0 Å². The van der Waals surface area contributed by atoms with Gasteiger partial charge in [0.25, 0.3) is 5.91 Å². The number of carbonyl (C=O) groups excluding carboxylic acids is 1. The summed E-state index contributed by atoms with van der Waals surface area (Å²) in [5, 5.41) is 8.13. The van der Waals surface area contributed by atoms with Crippen molar-refractivity contribution in [1.82, 2.24) is 10.3 Å². The smallest absolute Gasteiger partial charge is 0.252 e. The Labute approximate surface area is 146 Å².